The topological polar surface area (TPSA) is 20.2 Å². The van der Waals surface area contributed by atoms with E-state index in [-0.39, 0.29) is 0 Å². The quantitative estimate of drug-likeness (QED) is 0.633. The lowest BCUT2D eigenvalue weighted by Crippen LogP contribution is -2.40. The second kappa shape index (κ2) is 3.10. The Labute approximate surface area is 86.2 Å². The lowest BCUT2D eigenvalue weighted by atomic mass is 9.72. The van der Waals surface area contributed by atoms with Gasteiger partial charge in [0.2, 0.25) is 0 Å². The van der Waals surface area contributed by atoms with Crippen LogP contribution in [0.1, 0.15) is 44.9 Å². The molecule has 0 spiro atoms. The zero-order valence-corrected chi connectivity index (χ0v) is 8.78. The van der Waals surface area contributed by atoms with Crippen molar-refractivity contribution in [3.05, 3.63) is 12.2 Å². The molecule has 2 saturated carbocycles. The van der Waals surface area contributed by atoms with Gasteiger partial charge < -0.3 is 5.11 Å². The van der Waals surface area contributed by atoms with Crippen molar-refractivity contribution in [1.29, 1.82) is 0 Å². The minimum Gasteiger partial charge on any atom is -0.385 e. The summed E-state index contributed by atoms with van der Waals surface area (Å²) < 4.78 is 0. The first kappa shape index (κ1) is 8.96. The van der Waals surface area contributed by atoms with Crippen LogP contribution in [0.15, 0.2) is 12.2 Å². The molecule has 2 bridgehead atoms. The van der Waals surface area contributed by atoms with Gasteiger partial charge in [-0.05, 0) is 56.3 Å². The third kappa shape index (κ3) is 1.25. The smallest absolute Gasteiger partial charge is 0.0858 e. The molecule has 0 aromatic carbocycles. The number of fused-ring (bicyclic) bond motifs is 2. The van der Waals surface area contributed by atoms with Gasteiger partial charge in [0.05, 0.1) is 5.60 Å². The van der Waals surface area contributed by atoms with Crippen molar-refractivity contribution in [3.8, 4) is 0 Å². The van der Waals surface area contributed by atoms with Crippen LogP contribution in [0.25, 0.3) is 0 Å². The lowest BCUT2D eigenvalue weighted by Gasteiger charge is -2.38. The first-order chi connectivity index (χ1) is 6.78. The fourth-order valence-electron chi connectivity index (χ4n) is 4.04. The van der Waals surface area contributed by atoms with E-state index < -0.39 is 5.60 Å². The summed E-state index contributed by atoms with van der Waals surface area (Å²) in [4.78, 5) is 0. The average molecular weight is 192 g/mol. The van der Waals surface area contributed by atoms with E-state index in [1.54, 1.807) is 0 Å². The summed E-state index contributed by atoms with van der Waals surface area (Å²) in [6.45, 7) is 0. The fourth-order valence-corrected chi connectivity index (χ4v) is 4.04. The largest absolute Gasteiger partial charge is 0.385 e. The van der Waals surface area contributed by atoms with E-state index in [4.69, 9.17) is 0 Å². The van der Waals surface area contributed by atoms with Gasteiger partial charge in [-0.25, -0.2) is 0 Å². The van der Waals surface area contributed by atoms with E-state index in [9.17, 15) is 5.11 Å². The molecule has 14 heavy (non-hydrogen) atoms. The normalized spacial score (nSPS) is 51.4. The highest BCUT2D eigenvalue weighted by Crippen LogP contribution is 2.53. The van der Waals surface area contributed by atoms with Gasteiger partial charge in [0.15, 0.2) is 0 Å². The van der Waals surface area contributed by atoms with Crippen molar-refractivity contribution in [1.82, 2.24) is 0 Å². The van der Waals surface area contributed by atoms with Gasteiger partial charge >= 0.3 is 0 Å². The number of allylic oxidation sites excluding steroid dienone is 1. The second-order valence-corrected chi connectivity index (χ2v) is 5.57. The van der Waals surface area contributed by atoms with E-state index in [0.29, 0.717) is 5.92 Å². The summed E-state index contributed by atoms with van der Waals surface area (Å²) in [5.74, 6) is 2.38. The van der Waals surface area contributed by atoms with Crippen molar-refractivity contribution in [2.75, 3.05) is 0 Å². The van der Waals surface area contributed by atoms with Gasteiger partial charge in [0.25, 0.3) is 0 Å². The molecule has 0 heterocycles. The van der Waals surface area contributed by atoms with Crippen LogP contribution in [0, 0.1) is 17.8 Å². The molecule has 3 rings (SSSR count). The summed E-state index contributed by atoms with van der Waals surface area (Å²) >= 11 is 0. The molecule has 1 N–H and O–H groups in total. The Morgan fingerprint density at radius 3 is 2.71 bits per heavy atom. The molecule has 0 radical (unpaired) electrons. The SMILES string of the molecule is OC1(C2CC3CCC2C3)C=CCCC1. The van der Waals surface area contributed by atoms with Gasteiger partial charge in [0.1, 0.15) is 0 Å². The predicted molar refractivity (Wildman–Crippen MR) is 56.9 cm³/mol. The average Bonchev–Trinajstić information content (AvgIpc) is 2.80. The van der Waals surface area contributed by atoms with Crippen LogP contribution in [-0.2, 0) is 0 Å². The molecule has 1 nitrogen and oxygen atoms in total. The van der Waals surface area contributed by atoms with E-state index in [0.717, 1.165) is 18.3 Å². The summed E-state index contributed by atoms with van der Waals surface area (Å²) in [5, 5.41) is 10.6. The Kier molecular flexibility index (Phi) is 1.98. The summed E-state index contributed by atoms with van der Waals surface area (Å²) in [7, 11) is 0. The lowest BCUT2D eigenvalue weighted by molar-refractivity contribution is -0.00972. The van der Waals surface area contributed by atoms with Crippen molar-refractivity contribution < 1.29 is 5.11 Å². The first-order valence-corrected chi connectivity index (χ1v) is 6.18. The minimum atomic E-state index is -0.419. The highest BCUT2D eigenvalue weighted by molar-refractivity contribution is 5.12. The fraction of sp³-hybridized carbons (Fsp3) is 0.846. The zero-order valence-electron chi connectivity index (χ0n) is 8.78. The Hall–Kier alpha value is -0.300. The molecule has 78 valence electrons. The van der Waals surface area contributed by atoms with Crippen molar-refractivity contribution in [2.45, 2.75) is 50.5 Å². The van der Waals surface area contributed by atoms with E-state index in [1.165, 1.54) is 38.5 Å². The van der Waals surface area contributed by atoms with Crippen LogP contribution in [0.2, 0.25) is 0 Å². The van der Waals surface area contributed by atoms with E-state index >= 15 is 0 Å². The molecule has 0 amide bonds. The molecule has 3 aliphatic carbocycles. The van der Waals surface area contributed by atoms with Crippen LogP contribution < -0.4 is 0 Å². The van der Waals surface area contributed by atoms with Crippen LogP contribution >= 0.6 is 0 Å². The summed E-state index contributed by atoms with van der Waals surface area (Å²) in [6, 6.07) is 0. The molecular formula is C13H20O. The van der Waals surface area contributed by atoms with Gasteiger partial charge in [0, 0.05) is 0 Å². The minimum absolute atomic E-state index is 0.419. The number of aliphatic hydroxyl groups is 1. The molecule has 4 atom stereocenters. The predicted octanol–water partition coefficient (Wildman–Crippen LogP) is 2.89. The standard InChI is InChI=1S/C13H20O/c14-13(6-2-1-3-7-13)12-9-10-4-5-11(12)8-10/h2,6,10-12,14H,1,3-5,7-9H2. The highest BCUT2D eigenvalue weighted by atomic mass is 16.3. The van der Waals surface area contributed by atoms with Crippen molar-refractivity contribution >= 4 is 0 Å². The Morgan fingerprint density at radius 2 is 2.14 bits per heavy atom. The summed E-state index contributed by atoms with van der Waals surface area (Å²) in [5.41, 5.74) is -0.419. The zero-order chi connectivity index (χ0) is 9.60. The van der Waals surface area contributed by atoms with Gasteiger partial charge in [-0.1, -0.05) is 18.6 Å². The van der Waals surface area contributed by atoms with Gasteiger partial charge in [-0.15, -0.1) is 0 Å². The second-order valence-electron chi connectivity index (χ2n) is 5.57. The first-order valence-electron chi connectivity index (χ1n) is 6.18. The highest BCUT2D eigenvalue weighted by Gasteiger charge is 2.48. The maximum atomic E-state index is 10.6. The van der Waals surface area contributed by atoms with Gasteiger partial charge in [-0.3, -0.25) is 0 Å². The van der Waals surface area contributed by atoms with E-state index in [2.05, 4.69) is 12.2 Å². The van der Waals surface area contributed by atoms with E-state index in [1.807, 2.05) is 0 Å². The molecule has 2 fully saturated rings. The molecule has 3 aliphatic rings. The Bertz CT molecular complexity index is 258. The van der Waals surface area contributed by atoms with Gasteiger partial charge in [-0.2, -0.15) is 0 Å². The summed E-state index contributed by atoms with van der Waals surface area (Å²) in [6.07, 6.45) is 13.2. The van der Waals surface area contributed by atoms with Crippen LogP contribution in [0.3, 0.4) is 0 Å². The Balaban J connectivity index is 1.81. The van der Waals surface area contributed by atoms with Crippen molar-refractivity contribution in [2.24, 2.45) is 17.8 Å². The third-order valence-corrected chi connectivity index (χ3v) is 4.73. The molecule has 1 heteroatoms. The maximum Gasteiger partial charge on any atom is 0.0858 e. The number of hydrogen-bond donors (Lipinski definition) is 1. The molecule has 0 aliphatic heterocycles. The number of hydrogen-bond acceptors (Lipinski definition) is 1. The Morgan fingerprint density at radius 1 is 1.21 bits per heavy atom. The number of rotatable bonds is 1. The maximum absolute atomic E-state index is 10.6. The van der Waals surface area contributed by atoms with Crippen LogP contribution in [0.4, 0.5) is 0 Å². The molecule has 0 aromatic rings. The molecule has 4 unspecified atom stereocenters. The molecular weight excluding hydrogens is 172 g/mol. The van der Waals surface area contributed by atoms with Crippen LogP contribution in [-0.4, -0.2) is 10.7 Å². The van der Waals surface area contributed by atoms with Crippen molar-refractivity contribution in [3.63, 3.8) is 0 Å². The van der Waals surface area contributed by atoms with Crippen LogP contribution in [0.5, 0.6) is 0 Å². The molecule has 0 aromatic heterocycles. The third-order valence-electron chi connectivity index (χ3n) is 4.73. The monoisotopic (exact) mass is 192 g/mol. The molecule has 0 saturated heterocycles.